The highest BCUT2D eigenvalue weighted by Gasteiger charge is 2.49. The third-order valence-electron chi connectivity index (χ3n) is 7.30. The number of likely N-dealkylation sites (tertiary alicyclic amines) is 1. The highest BCUT2D eigenvalue weighted by Crippen LogP contribution is 2.32. The number of thiophene rings is 1. The molecule has 1 unspecified atom stereocenters. The number of amidine groups is 1. The van der Waals surface area contributed by atoms with E-state index in [4.69, 9.17) is 15.9 Å². The zero-order chi connectivity index (χ0) is 29.3. The number of nitrogens with one attached hydrogen (secondary N) is 4. The number of methoxy groups -OCH3 is 1. The summed E-state index contributed by atoms with van der Waals surface area (Å²) in [5.41, 5.74) is 6.39. The summed E-state index contributed by atoms with van der Waals surface area (Å²) in [6.07, 6.45) is -0.237. The van der Waals surface area contributed by atoms with Crippen LogP contribution >= 0.6 is 11.3 Å². The summed E-state index contributed by atoms with van der Waals surface area (Å²) >= 11 is 1.34. The molecule has 5 rings (SSSR count). The number of aromatic nitrogens is 1. The number of para-hydroxylation sites is 1. The van der Waals surface area contributed by atoms with Gasteiger partial charge in [-0.15, -0.1) is 11.3 Å². The van der Waals surface area contributed by atoms with E-state index in [2.05, 4.69) is 15.6 Å². The number of nitrogen functional groups attached to an aromatic ring is 1. The average Bonchev–Trinajstić information content (AvgIpc) is 3.67. The Bertz CT molecular complexity index is 1650. The molecule has 0 saturated carbocycles. The van der Waals surface area contributed by atoms with Crippen molar-refractivity contribution in [3.8, 4) is 0 Å². The second-order valence-corrected chi connectivity index (χ2v) is 11.3. The Morgan fingerprint density at radius 2 is 1.95 bits per heavy atom. The minimum Gasteiger partial charge on any atom is -0.384 e. The number of fused-ring (bicyclic) bond motifs is 3. The van der Waals surface area contributed by atoms with Gasteiger partial charge in [0.2, 0.25) is 11.8 Å². The molecule has 0 radical (unpaired) electrons. The van der Waals surface area contributed by atoms with Crippen molar-refractivity contribution in [2.75, 3.05) is 26.8 Å². The van der Waals surface area contributed by atoms with E-state index in [1.165, 1.54) is 23.3 Å². The number of alkyl halides is 1. The first kappa shape index (κ1) is 28.2. The van der Waals surface area contributed by atoms with E-state index in [-0.39, 0.29) is 25.4 Å². The van der Waals surface area contributed by atoms with E-state index in [0.717, 1.165) is 26.7 Å². The second-order valence-electron chi connectivity index (χ2n) is 10.3. The number of amides is 3. The SMILES string of the molecule is COC[C@@]1(F)C[C@@H](C(=O)NC(C)c2cc(C(=N)N)cs2)N(C(=O)CNC(=O)c2ccc3[nH]c4ccccc4c3c2)C1. The fourth-order valence-electron chi connectivity index (χ4n) is 5.25. The van der Waals surface area contributed by atoms with Gasteiger partial charge in [-0.1, -0.05) is 18.2 Å². The lowest BCUT2D eigenvalue weighted by atomic mass is 10.0. The zero-order valence-corrected chi connectivity index (χ0v) is 23.4. The lowest BCUT2D eigenvalue weighted by Crippen LogP contribution is -2.49. The van der Waals surface area contributed by atoms with E-state index in [1.807, 2.05) is 30.3 Å². The Morgan fingerprint density at radius 3 is 2.68 bits per heavy atom. The van der Waals surface area contributed by atoms with Crippen LogP contribution in [0.5, 0.6) is 0 Å². The number of halogens is 1. The quantitative estimate of drug-likeness (QED) is 0.152. The van der Waals surface area contributed by atoms with Gasteiger partial charge < -0.3 is 31.0 Å². The van der Waals surface area contributed by atoms with Crippen molar-refractivity contribution < 1.29 is 23.5 Å². The summed E-state index contributed by atoms with van der Waals surface area (Å²) in [7, 11) is 1.36. The number of carbonyl (C=O) groups is 3. The first-order chi connectivity index (χ1) is 19.6. The van der Waals surface area contributed by atoms with Crippen LogP contribution in [0.1, 0.15) is 40.2 Å². The first-order valence-corrected chi connectivity index (χ1v) is 14.0. The molecule has 1 aliphatic rings. The normalized spacial score (nSPS) is 19.4. The number of hydrogen-bond donors (Lipinski definition) is 5. The number of carbonyl (C=O) groups excluding carboxylic acids is 3. The smallest absolute Gasteiger partial charge is 0.251 e. The molecule has 1 fully saturated rings. The number of ether oxygens (including phenoxy) is 1. The molecule has 214 valence electrons. The highest BCUT2D eigenvalue weighted by atomic mass is 32.1. The van der Waals surface area contributed by atoms with E-state index >= 15 is 4.39 Å². The van der Waals surface area contributed by atoms with E-state index in [1.54, 1.807) is 30.5 Å². The standard InChI is InChI=1S/C29H31FN6O4S/c1-16(24-10-18(13-41-24)26(31)32)34-28(39)23-11-29(30,15-40-2)14-36(23)25(37)12-33-27(38)17-7-8-22-20(9-17)19-5-3-4-6-21(19)35-22/h3-10,13,16,23,35H,11-12,14-15H2,1-2H3,(H3,31,32)(H,33,38)(H,34,39)/t16?,23-,29+/m0/s1. The van der Waals surface area contributed by atoms with Gasteiger partial charge in [-0.3, -0.25) is 19.8 Å². The summed E-state index contributed by atoms with van der Waals surface area (Å²) in [6.45, 7) is 0.744. The van der Waals surface area contributed by atoms with Crippen molar-refractivity contribution in [2.45, 2.75) is 31.1 Å². The Hall–Kier alpha value is -4.29. The number of aromatic amines is 1. The summed E-state index contributed by atoms with van der Waals surface area (Å²) in [5.74, 6) is -1.63. The third-order valence-corrected chi connectivity index (χ3v) is 8.42. The van der Waals surface area contributed by atoms with Crippen LogP contribution in [-0.2, 0) is 14.3 Å². The van der Waals surface area contributed by atoms with Crippen LogP contribution in [0.3, 0.4) is 0 Å². The molecule has 10 nitrogen and oxygen atoms in total. The third kappa shape index (κ3) is 5.79. The second kappa shape index (κ2) is 11.3. The number of nitrogens with two attached hydrogens (primary N) is 1. The summed E-state index contributed by atoms with van der Waals surface area (Å²) in [5, 5.41) is 16.6. The monoisotopic (exact) mass is 578 g/mol. The molecule has 2 aromatic heterocycles. The molecule has 3 amide bonds. The number of H-pyrrole nitrogens is 1. The van der Waals surface area contributed by atoms with Gasteiger partial charge in [-0.25, -0.2) is 4.39 Å². The van der Waals surface area contributed by atoms with E-state index in [9.17, 15) is 14.4 Å². The van der Waals surface area contributed by atoms with Gasteiger partial charge in [0.25, 0.3) is 5.91 Å². The zero-order valence-electron chi connectivity index (χ0n) is 22.6. The Kier molecular flexibility index (Phi) is 7.78. The fourth-order valence-corrected chi connectivity index (χ4v) is 6.16. The van der Waals surface area contributed by atoms with Crippen LogP contribution in [-0.4, -0.2) is 72.0 Å². The predicted octanol–water partition coefficient (Wildman–Crippen LogP) is 3.23. The van der Waals surface area contributed by atoms with Crippen LogP contribution < -0.4 is 16.4 Å². The molecule has 41 heavy (non-hydrogen) atoms. The summed E-state index contributed by atoms with van der Waals surface area (Å²) in [4.78, 5) is 44.7. The van der Waals surface area contributed by atoms with Crippen LogP contribution in [0.15, 0.2) is 53.9 Å². The lowest BCUT2D eigenvalue weighted by molar-refractivity contribution is -0.138. The Morgan fingerprint density at radius 1 is 1.20 bits per heavy atom. The number of hydrogen-bond acceptors (Lipinski definition) is 6. The molecule has 0 aliphatic carbocycles. The van der Waals surface area contributed by atoms with Crippen molar-refractivity contribution in [2.24, 2.45) is 5.73 Å². The Labute approximate surface area is 239 Å². The molecule has 3 heterocycles. The molecule has 0 bridgehead atoms. The van der Waals surface area contributed by atoms with Crippen molar-refractivity contribution in [3.63, 3.8) is 0 Å². The summed E-state index contributed by atoms with van der Waals surface area (Å²) < 4.78 is 20.6. The maximum atomic E-state index is 15.6. The minimum absolute atomic E-state index is 0.0798. The highest BCUT2D eigenvalue weighted by molar-refractivity contribution is 7.10. The van der Waals surface area contributed by atoms with Crippen LogP contribution in [0.4, 0.5) is 4.39 Å². The minimum atomic E-state index is -1.91. The molecular formula is C29H31FN6O4S. The number of benzene rings is 2. The topological polar surface area (TPSA) is 153 Å². The van der Waals surface area contributed by atoms with Crippen LogP contribution in [0, 0.1) is 5.41 Å². The predicted molar refractivity (Wildman–Crippen MR) is 156 cm³/mol. The molecule has 12 heteroatoms. The molecule has 4 aromatic rings. The maximum Gasteiger partial charge on any atom is 0.251 e. The van der Waals surface area contributed by atoms with Gasteiger partial charge in [-0.2, -0.15) is 0 Å². The number of rotatable bonds is 9. The summed E-state index contributed by atoms with van der Waals surface area (Å²) in [6, 6.07) is 13.2. The van der Waals surface area contributed by atoms with Gasteiger partial charge in [0.15, 0.2) is 5.67 Å². The van der Waals surface area contributed by atoms with Crippen molar-refractivity contribution in [1.29, 1.82) is 5.41 Å². The Balaban J connectivity index is 1.28. The molecule has 6 N–H and O–H groups in total. The molecule has 1 aliphatic heterocycles. The number of nitrogens with zero attached hydrogens (tertiary/aromatic N) is 1. The first-order valence-electron chi connectivity index (χ1n) is 13.1. The lowest BCUT2D eigenvalue weighted by Gasteiger charge is -2.25. The van der Waals surface area contributed by atoms with Gasteiger partial charge >= 0.3 is 0 Å². The van der Waals surface area contributed by atoms with E-state index < -0.39 is 42.0 Å². The van der Waals surface area contributed by atoms with Crippen molar-refractivity contribution in [1.82, 2.24) is 20.5 Å². The maximum absolute atomic E-state index is 15.6. The molecule has 3 atom stereocenters. The fraction of sp³-hybridized carbons (Fsp3) is 0.310. The van der Waals surface area contributed by atoms with Crippen molar-refractivity contribution >= 4 is 56.7 Å². The largest absolute Gasteiger partial charge is 0.384 e. The van der Waals surface area contributed by atoms with Gasteiger partial charge in [0, 0.05) is 56.7 Å². The van der Waals surface area contributed by atoms with Crippen LogP contribution in [0.2, 0.25) is 0 Å². The molecule has 2 aromatic carbocycles. The molecule has 0 spiro atoms. The van der Waals surface area contributed by atoms with Crippen molar-refractivity contribution in [3.05, 3.63) is 69.9 Å². The average molecular weight is 579 g/mol. The van der Waals surface area contributed by atoms with Crippen LogP contribution in [0.25, 0.3) is 21.8 Å². The van der Waals surface area contributed by atoms with Gasteiger partial charge in [0.05, 0.1) is 25.7 Å². The van der Waals surface area contributed by atoms with Gasteiger partial charge in [0.1, 0.15) is 11.9 Å². The molecular weight excluding hydrogens is 547 g/mol. The van der Waals surface area contributed by atoms with E-state index in [0.29, 0.717) is 11.1 Å². The van der Waals surface area contributed by atoms with Gasteiger partial charge in [-0.05, 0) is 37.3 Å². The molecule has 1 saturated heterocycles.